The molecule has 136 valence electrons. The van der Waals surface area contributed by atoms with E-state index in [-0.39, 0.29) is 12.4 Å². The van der Waals surface area contributed by atoms with Gasteiger partial charge in [0, 0.05) is 44.2 Å². The highest BCUT2D eigenvalue weighted by Gasteiger charge is 2.13. The topological polar surface area (TPSA) is 15.7 Å². The van der Waals surface area contributed by atoms with E-state index in [4.69, 9.17) is 16.3 Å². The smallest absolute Gasteiger partial charge is 0.122 e. The van der Waals surface area contributed by atoms with Gasteiger partial charge in [0.1, 0.15) is 12.4 Å². The number of hydrogen-bond donors (Lipinski definition) is 0. The van der Waals surface area contributed by atoms with E-state index in [1.807, 2.05) is 24.3 Å². The highest BCUT2D eigenvalue weighted by molar-refractivity contribution is 6.30. The second-order valence-corrected chi connectivity index (χ2v) is 6.84. The molecule has 1 heterocycles. The van der Waals surface area contributed by atoms with Crippen LogP contribution in [0.25, 0.3) is 0 Å². The zero-order chi connectivity index (χ0) is 16.8. The molecule has 2 aromatic rings. The standard InChI is InChI=1S/C20H25ClN2O.ClH/c1-22-9-11-23(12-10-22)13-14-24-20-8-7-19(21)16-18(20)15-17-5-3-2-4-6-17;/h2-8,16H,9-15H2,1H3;1H. The van der Waals surface area contributed by atoms with E-state index >= 15 is 0 Å². The molecule has 0 aliphatic carbocycles. The first-order valence-corrected chi connectivity index (χ1v) is 8.94. The normalized spacial score (nSPS) is 15.6. The van der Waals surface area contributed by atoms with Gasteiger partial charge in [0.2, 0.25) is 0 Å². The first-order valence-electron chi connectivity index (χ1n) is 8.57. The van der Waals surface area contributed by atoms with Crippen molar-refractivity contribution in [2.45, 2.75) is 6.42 Å². The lowest BCUT2D eigenvalue weighted by Crippen LogP contribution is -2.45. The minimum atomic E-state index is 0. The maximum atomic E-state index is 6.18. The first kappa shape index (κ1) is 20.1. The van der Waals surface area contributed by atoms with E-state index in [0.717, 1.165) is 55.5 Å². The third-order valence-electron chi connectivity index (χ3n) is 4.52. The van der Waals surface area contributed by atoms with E-state index < -0.39 is 0 Å². The summed E-state index contributed by atoms with van der Waals surface area (Å²) in [5.74, 6) is 0.942. The van der Waals surface area contributed by atoms with Gasteiger partial charge in [0.25, 0.3) is 0 Å². The largest absolute Gasteiger partial charge is 0.492 e. The fourth-order valence-electron chi connectivity index (χ4n) is 3.00. The molecule has 0 bridgehead atoms. The summed E-state index contributed by atoms with van der Waals surface area (Å²) in [4.78, 5) is 4.83. The van der Waals surface area contributed by atoms with E-state index in [1.54, 1.807) is 0 Å². The van der Waals surface area contributed by atoms with Crippen molar-refractivity contribution in [2.24, 2.45) is 0 Å². The van der Waals surface area contributed by atoms with Crippen molar-refractivity contribution in [2.75, 3.05) is 46.4 Å². The van der Waals surface area contributed by atoms with Gasteiger partial charge in [0.15, 0.2) is 0 Å². The Kier molecular flexibility index (Phi) is 8.04. The van der Waals surface area contributed by atoms with E-state index in [9.17, 15) is 0 Å². The molecule has 3 rings (SSSR count). The molecule has 3 nitrogen and oxygen atoms in total. The third kappa shape index (κ3) is 6.19. The van der Waals surface area contributed by atoms with Crippen LogP contribution in [0.3, 0.4) is 0 Å². The van der Waals surface area contributed by atoms with Crippen LogP contribution >= 0.6 is 24.0 Å². The molecule has 1 saturated heterocycles. The molecule has 0 atom stereocenters. The summed E-state index contributed by atoms with van der Waals surface area (Å²) >= 11 is 6.18. The molecule has 1 aliphatic rings. The predicted octanol–water partition coefficient (Wildman–Crippen LogP) is 3.98. The number of piperazine rings is 1. The minimum Gasteiger partial charge on any atom is -0.492 e. The summed E-state index contributed by atoms with van der Waals surface area (Å²) in [5, 5.41) is 0.757. The molecule has 0 N–H and O–H groups in total. The molecule has 0 unspecified atom stereocenters. The molecular weight excluding hydrogens is 355 g/mol. The lowest BCUT2D eigenvalue weighted by Gasteiger charge is -2.32. The Balaban J connectivity index is 0.00000225. The maximum Gasteiger partial charge on any atom is 0.122 e. The van der Waals surface area contributed by atoms with Crippen molar-refractivity contribution < 1.29 is 4.74 Å². The predicted molar refractivity (Wildman–Crippen MR) is 107 cm³/mol. The zero-order valence-electron chi connectivity index (χ0n) is 14.7. The van der Waals surface area contributed by atoms with Crippen LogP contribution in [0.15, 0.2) is 48.5 Å². The van der Waals surface area contributed by atoms with Crippen molar-refractivity contribution in [3.05, 3.63) is 64.7 Å². The summed E-state index contributed by atoms with van der Waals surface area (Å²) in [7, 11) is 2.18. The van der Waals surface area contributed by atoms with Crippen LogP contribution in [-0.4, -0.2) is 56.2 Å². The van der Waals surface area contributed by atoms with Crippen molar-refractivity contribution in [1.29, 1.82) is 0 Å². The van der Waals surface area contributed by atoms with Gasteiger partial charge in [-0.25, -0.2) is 0 Å². The second kappa shape index (κ2) is 10.0. The van der Waals surface area contributed by atoms with E-state index in [2.05, 4.69) is 41.1 Å². The van der Waals surface area contributed by atoms with Crippen LogP contribution in [0.4, 0.5) is 0 Å². The summed E-state index contributed by atoms with van der Waals surface area (Å²) in [6.45, 7) is 6.21. The van der Waals surface area contributed by atoms with Crippen LogP contribution in [0, 0.1) is 0 Å². The van der Waals surface area contributed by atoms with Gasteiger partial charge in [-0.2, -0.15) is 0 Å². The number of rotatable bonds is 6. The maximum absolute atomic E-state index is 6.18. The molecule has 0 radical (unpaired) electrons. The first-order chi connectivity index (χ1) is 11.7. The van der Waals surface area contributed by atoms with Crippen molar-refractivity contribution in [3.8, 4) is 5.75 Å². The van der Waals surface area contributed by atoms with E-state index in [1.165, 1.54) is 5.56 Å². The van der Waals surface area contributed by atoms with Gasteiger partial charge in [-0.1, -0.05) is 41.9 Å². The van der Waals surface area contributed by atoms with Gasteiger partial charge in [-0.05, 0) is 36.4 Å². The zero-order valence-corrected chi connectivity index (χ0v) is 16.2. The second-order valence-electron chi connectivity index (χ2n) is 6.41. The lowest BCUT2D eigenvalue weighted by molar-refractivity contribution is 0.133. The molecule has 2 aromatic carbocycles. The highest BCUT2D eigenvalue weighted by Crippen LogP contribution is 2.25. The van der Waals surface area contributed by atoms with Gasteiger partial charge in [-0.15, -0.1) is 12.4 Å². The molecule has 25 heavy (non-hydrogen) atoms. The fraction of sp³-hybridized carbons (Fsp3) is 0.400. The molecular formula is C20H26Cl2N2O. The van der Waals surface area contributed by atoms with Gasteiger partial charge in [-0.3, -0.25) is 4.90 Å². The highest BCUT2D eigenvalue weighted by atomic mass is 35.5. The Morgan fingerprint density at radius 1 is 1.00 bits per heavy atom. The van der Waals surface area contributed by atoms with Gasteiger partial charge < -0.3 is 9.64 Å². The molecule has 1 fully saturated rings. The van der Waals surface area contributed by atoms with Crippen molar-refractivity contribution >= 4 is 24.0 Å². The van der Waals surface area contributed by atoms with Gasteiger partial charge in [0.05, 0.1) is 0 Å². The summed E-state index contributed by atoms with van der Waals surface area (Å²) in [6.07, 6.45) is 0.839. The monoisotopic (exact) mass is 380 g/mol. The fourth-order valence-corrected chi connectivity index (χ4v) is 3.19. The Hall–Kier alpha value is -1.26. The van der Waals surface area contributed by atoms with Crippen LogP contribution in [0.1, 0.15) is 11.1 Å². The Morgan fingerprint density at radius 2 is 1.72 bits per heavy atom. The quantitative estimate of drug-likeness (QED) is 0.753. The Morgan fingerprint density at radius 3 is 2.44 bits per heavy atom. The van der Waals surface area contributed by atoms with Crippen LogP contribution in [-0.2, 0) is 6.42 Å². The molecule has 1 aliphatic heterocycles. The number of hydrogen-bond acceptors (Lipinski definition) is 3. The Bertz CT molecular complexity index is 643. The number of likely N-dealkylation sites (N-methyl/N-ethyl adjacent to an activating group) is 1. The number of nitrogens with zero attached hydrogens (tertiary/aromatic N) is 2. The Labute approximate surface area is 161 Å². The lowest BCUT2D eigenvalue weighted by atomic mass is 10.0. The van der Waals surface area contributed by atoms with Crippen molar-refractivity contribution in [1.82, 2.24) is 9.80 Å². The average Bonchev–Trinajstić information content (AvgIpc) is 2.59. The SMILES string of the molecule is CN1CCN(CCOc2ccc(Cl)cc2Cc2ccccc2)CC1.Cl. The number of benzene rings is 2. The number of ether oxygens (including phenoxy) is 1. The third-order valence-corrected chi connectivity index (χ3v) is 4.76. The minimum absolute atomic E-state index is 0. The summed E-state index contributed by atoms with van der Waals surface area (Å²) in [5.41, 5.74) is 2.41. The van der Waals surface area contributed by atoms with Crippen LogP contribution in [0.2, 0.25) is 5.02 Å². The summed E-state index contributed by atoms with van der Waals surface area (Å²) < 4.78 is 6.08. The number of halogens is 2. The molecule has 0 saturated carbocycles. The van der Waals surface area contributed by atoms with Gasteiger partial charge >= 0.3 is 0 Å². The molecule has 0 aromatic heterocycles. The molecule has 0 amide bonds. The van der Waals surface area contributed by atoms with Crippen LogP contribution in [0.5, 0.6) is 5.75 Å². The van der Waals surface area contributed by atoms with E-state index in [0.29, 0.717) is 6.61 Å². The molecule has 0 spiro atoms. The summed E-state index contributed by atoms with van der Waals surface area (Å²) in [6, 6.07) is 16.3. The van der Waals surface area contributed by atoms with Crippen LogP contribution < -0.4 is 4.74 Å². The average molecular weight is 381 g/mol. The molecule has 5 heteroatoms. The van der Waals surface area contributed by atoms with Crippen molar-refractivity contribution in [3.63, 3.8) is 0 Å².